The minimum absolute atomic E-state index is 0.101. The summed E-state index contributed by atoms with van der Waals surface area (Å²) in [6.45, 7) is 3.16. The highest BCUT2D eigenvalue weighted by Gasteiger charge is 2.60. The van der Waals surface area contributed by atoms with E-state index >= 15 is 0 Å². The highest BCUT2D eigenvalue weighted by Crippen LogP contribution is 2.58. The molecule has 36 heavy (non-hydrogen) atoms. The van der Waals surface area contributed by atoms with Crippen LogP contribution in [0.15, 0.2) is 48.7 Å². The van der Waals surface area contributed by atoms with Crippen LogP contribution < -0.4 is 10.1 Å². The number of amides is 1. The number of pyridine rings is 2. The first-order valence-electron chi connectivity index (χ1n) is 11.5. The van der Waals surface area contributed by atoms with E-state index in [2.05, 4.69) is 15.3 Å². The molecule has 188 valence electrons. The molecule has 2 aliphatic rings. The first-order valence-corrected chi connectivity index (χ1v) is 11.5. The third-order valence-electron chi connectivity index (χ3n) is 6.68. The van der Waals surface area contributed by atoms with Crippen molar-refractivity contribution in [3.05, 3.63) is 71.2 Å². The number of nitrogens with one attached hydrogen (secondary N) is 1. The lowest BCUT2D eigenvalue weighted by Gasteiger charge is -2.17. The summed E-state index contributed by atoms with van der Waals surface area (Å²) in [6, 6.07) is 11.0. The first kappa shape index (κ1) is 24.2. The lowest BCUT2D eigenvalue weighted by Crippen LogP contribution is -2.15. The van der Waals surface area contributed by atoms with Gasteiger partial charge in [-0.2, -0.15) is 13.2 Å². The van der Waals surface area contributed by atoms with E-state index in [9.17, 15) is 23.1 Å². The second-order valence-corrected chi connectivity index (χ2v) is 9.14. The number of aliphatic hydroxyl groups excluding tert-OH is 1. The van der Waals surface area contributed by atoms with Crippen LogP contribution in [0.5, 0.6) is 5.88 Å². The maximum absolute atomic E-state index is 13.0. The van der Waals surface area contributed by atoms with Gasteiger partial charge in [0.1, 0.15) is 12.3 Å². The smallest absolute Gasteiger partial charge is 0.433 e. The number of hydrogen-bond acceptors (Lipinski definition) is 6. The van der Waals surface area contributed by atoms with Crippen molar-refractivity contribution in [3.63, 3.8) is 0 Å². The molecular formula is C26H24F3N3O4. The number of nitrogens with zero attached hydrogens (tertiary/aromatic N) is 2. The van der Waals surface area contributed by atoms with Crippen molar-refractivity contribution >= 4 is 11.6 Å². The molecular weight excluding hydrogens is 475 g/mol. The minimum atomic E-state index is -4.65. The van der Waals surface area contributed by atoms with E-state index in [0.717, 1.165) is 41.1 Å². The van der Waals surface area contributed by atoms with Crippen LogP contribution in [0.2, 0.25) is 0 Å². The molecule has 1 amide bonds. The largest absolute Gasteiger partial charge is 0.475 e. The second-order valence-electron chi connectivity index (χ2n) is 9.14. The lowest BCUT2D eigenvalue weighted by molar-refractivity contribution is -0.141. The summed E-state index contributed by atoms with van der Waals surface area (Å²) in [4.78, 5) is 20.7. The molecule has 1 aliphatic heterocycles. The van der Waals surface area contributed by atoms with Crippen molar-refractivity contribution < 1.29 is 32.5 Å². The third-order valence-corrected chi connectivity index (χ3v) is 6.68. The first-order chi connectivity index (χ1) is 17.2. The number of benzene rings is 1. The van der Waals surface area contributed by atoms with Gasteiger partial charge >= 0.3 is 6.18 Å². The predicted molar refractivity (Wildman–Crippen MR) is 125 cm³/mol. The molecule has 1 aromatic carbocycles. The molecule has 5 rings (SSSR count). The van der Waals surface area contributed by atoms with Gasteiger partial charge < -0.3 is 19.9 Å². The van der Waals surface area contributed by atoms with Crippen LogP contribution in [-0.4, -0.2) is 47.4 Å². The Morgan fingerprint density at radius 1 is 1.25 bits per heavy atom. The highest BCUT2D eigenvalue weighted by atomic mass is 19.4. The summed E-state index contributed by atoms with van der Waals surface area (Å²) in [6.07, 6.45) is -2.70. The van der Waals surface area contributed by atoms with Crippen LogP contribution in [0, 0.1) is 12.8 Å². The van der Waals surface area contributed by atoms with E-state index in [1.54, 1.807) is 18.2 Å². The third kappa shape index (κ3) is 4.66. The average Bonchev–Trinajstić information content (AvgIpc) is 3.43. The average molecular weight is 499 g/mol. The van der Waals surface area contributed by atoms with Crippen molar-refractivity contribution in [2.24, 2.45) is 5.92 Å². The molecule has 0 bridgehead atoms. The fourth-order valence-corrected chi connectivity index (χ4v) is 4.63. The van der Waals surface area contributed by atoms with Gasteiger partial charge in [0, 0.05) is 28.9 Å². The minimum Gasteiger partial charge on any atom is -0.475 e. The van der Waals surface area contributed by atoms with Gasteiger partial charge in [-0.3, -0.25) is 9.78 Å². The van der Waals surface area contributed by atoms with Gasteiger partial charge in [0.15, 0.2) is 0 Å². The van der Waals surface area contributed by atoms with Crippen molar-refractivity contribution in [3.8, 4) is 17.0 Å². The molecule has 2 N–H and O–H groups in total. The van der Waals surface area contributed by atoms with Gasteiger partial charge in [0.2, 0.25) is 5.88 Å². The molecule has 2 atom stereocenters. The van der Waals surface area contributed by atoms with Crippen molar-refractivity contribution in [2.45, 2.75) is 24.9 Å². The van der Waals surface area contributed by atoms with Crippen molar-refractivity contribution in [2.75, 3.05) is 31.7 Å². The Bertz CT molecular complexity index is 1310. The molecule has 0 radical (unpaired) electrons. The number of aliphatic hydroxyl groups is 1. The topological polar surface area (TPSA) is 93.6 Å². The van der Waals surface area contributed by atoms with Gasteiger partial charge in [-0.05, 0) is 66.3 Å². The van der Waals surface area contributed by atoms with Gasteiger partial charge in [0.25, 0.3) is 5.91 Å². The normalized spacial score (nSPS) is 20.6. The summed E-state index contributed by atoms with van der Waals surface area (Å²) in [5.41, 5.74) is 2.42. The van der Waals surface area contributed by atoms with E-state index < -0.39 is 17.8 Å². The summed E-state index contributed by atoms with van der Waals surface area (Å²) in [5.74, 6) is 0.122. The molecule has 10 heteroatoms. The number of rotatable bonds is 7. The number of aryl methyl sites for hydroxylation is 1. The molecule has 3 aromatic rings. The van der Waals surface area contributed by atoms with E-state index in [-0.39, 0.29) is 24.2 Å². The maximum atomic E-state index is 13.0. The maximum Gasteiger partial charge on any atom is 0.433 e. The molecule has 2 fully saturated rings. The molecule has 7 nitrogen and oxygen atoms in total. The number of halogens is 3. The zero-order valence-electron chi connectivity index (χ0n) is 19.4. The van der Waals surface area contributed by atoms with E-state index in [4.69, 9.17) is 9.47 Å². The summed E-state index contributed by atoms with van der Waals surface area (Å²) in [7, 11) is 0. The summed E-state index contributed by atoms with van der Waals surface area (Å²) >= 11 is 0. The number of anilines is 1. The number of carbonyl (C=O) groups excluding carboxylic acids is 1. The Hall–Kier alpha value is -3.50. The zero-order chi connectivity index (χ0) is 25.5. The number of alkyl halides is 3. The van der Waals surface area contributed by atoms with Gasteiger partial charge in [-0.15, -0.1) is 0 Å². The molecule has 1 saturated carbocycles. The Morgan fingerprint density at radius 3 is 2.78 bits per heavy atom. The Labute approximate surface area is 205 Å². The number of ether oxygens (including phenoxy) is 2. The summed E-state index contributed by atoms with van der Waals surface area (Å²) < 4.78 is 50.3. The van der Waals surface area contributed by atoms with Gasteiger partial charge in [0.05, 0.1) is 25.5 Å². The quantitative estimate of drug-likeness (QED) is 0.501. The van der Waals surface area contributed by atoms with Crippen LogP contribution in [0.4, 0.5) is 18.9 Å². The van der Waals surface area contributed by atoms with E-state index in [1.807, 2.05) is 19.1 Å². The molecule has 3 heterocycles. The zero-order valence-corrected chi connectivity index (χ0v) is 19.4. The van der Waals surface area contributed by atoms with Gasteiger partial charge in [-0.1, -0.05) is 6.07 Å². The molecule has 1 aliphatic carbocycles. The number of fused-ring (bicyclic) bond motifs is 1. The number of carbonyl (C=O) groups is 1. The standard InChI is InChI=1S/C26H24F3N3O4/c1-15-2-3-19(31-24(34)16-4-5-30-22(8-16)26(27,28)29)11-20(15)17-9-21(25-12-18(25)13-35-14-25)32-23(10-17)36-7-6-33/h2-5,8-11,18,33H,6-7,12-14H2,1H3,(H,31,34)/t18-,25-/m1/s1. The van der Waals surface area contributed by atoms with Crippen LogP contribution >= 0.6 is 0 Å². The van der Waals surface area contributed by atoms with Gasteiger partial charge in [-0.25, -0.2) is 4.98 Å². The second kappa shape index (κ2) is 9.18. The monoisotopic (exact) mass is 499 g/mol. The van der Waals surface area contributed by atoms with Crippen molar-refractivity contribution in [1.29, 1.82) is 0 Å². The fraction of sp³-hybridized carbons (Fsp3) is 0.346. The molecule has 0 unspecified atom stereocenters. The Morgan fingerprint density at radius 2 is 2.08 bits per heavy atom. The van der Waals surface area contributed by atoms with E-state index in [0.29, 0.717) is 30.7 Å². The molecule has 2 aromatic heterocycles. The Balaban J connectivity index is 1.46. The highest BCUT2D eigenvalue weighted by molar-refractivity contribution is 6.04. The van der Waals surface area contributed by atoms with Crippen LogP contribution in [0.3, 0.4) is 0 Å². The fourth-order valence-electron chi connectivity index (χ4n) is 4.63. The summed E-state index contributed by atoms with van der Waals surface area (Å²) in [5, 5.41) is 11.9. The van der Waals surface area contributed by atoms with Crippen LogP contribution in [-0.2, 0) is 16.3 Å². The lowest BCUT2D eigenvalue weighted by atomic mass is 9.95. The van der Waals surface area contributed by atoms with E-state index in [1.165, 1.54) is 6.07 Å². The molecule has 0 spiro atoms. The van der Waals surface area contributed by atoms with Crippen LogP contribution in [0.25, 0.3) is 11.1 Å². The predicted octanol–water partition coefficient (Wildman–Crippen LogP) is 4.38. The SMILES string of the molecule is Cc1ccc(NC(=O)c2ccnc(C(F)(F)F)c2)cc1-c1cc(OCCO)nc([C@]23COC[C@H]2C3)c1. The number of hydrogen-bond donors (Lipinski definition) is 2. The molecule has 1 saturated heterocycles. The van der Waals surface area contributed by atoms with Crippen LogP contribution in [0.1, 0.15) is 33.7 Å². The van der Waals surface area contributed by atoms with Crippen molar-refractivity contribution in [1.82, 2.24) is 9.97 Å². The Kier molecular flexibility index (Phi) is 6.17. The number of aromatic nitrogens is 2.